The zero-order valence-corrected chi connectivity index (χ0v) is 25.8. The van der Waals surface area contributed by atoms with E-state index in [2.05, 4.69) is 54.4 Å². The Kier molecular flexibility index (Phi) is 7.91. The first-order valence-electron chi connectivity index (χ1n) is 14.7. The zero-order valence-electron chi connectivity index (χ0n) is 24.4. The zero-order chi connectivity index (χ0) is 28.5. The molecule has 3 aromatic heterocycles. The quantitative estimate of drug-likeness (QED) is 0.171. The number of aromatic nitrogens is 2. The molecule has 0 aliphatic heterocycles. The van der Waals surface area contributed by atoms with Crippen LogP contribution in [0.2, 0.25) is 0 Å². The molecule has 1 aliphatic carbocycles. The molecule has 0 bridgehead atoms. The van der Waals surface area contributed by atoms with E-state index in [9.17, 15) is 0 Å². The number of fused-ring (bicyclic) bond motifs is 4. The van der Waals surface area contributed by atoms with Gasteiger partial charge in [-0.25, -0.2) is 0 Å². The number of aryl methyl sites for hydroxylation is 1. The Hall–Kier alpha value is -4.11. The third kappa shape index (κ3) is 5.53. The first-order valence-corrected chi connectivity index (χ1v) is 14.2. The smallest absolute Gasteiger partial charge is 0.120 e. The minimum absolute atomic E-state index is 0. The Balaban J connectivity index is 0.000000213. The molecule has 3 nitrogen and oxygen atoms in total. The average molecular weight is 724 g/mol. The number of furan rings is 1. The van der Waals surface area contributed by atoms with Crippen LogP contribution < -0.4 is 0 Å². The number of para-hydroxylation sites is 1. The van der Waals surface area contributed by atoms with Gasteiger partial charge in [0, 0.05) is 39.3 Å². The van der Waals surface area contributed by atoms with Gasteiger partial charge in [-0.05, 0) is 64.7 Å². The fourth-order valence-corrected chi connectivity index (χ4v) is 5.83. The van der Waals surface area contributed by atoms with E-state index in [4.69, 9.17) is 10.8 Å². The van der Waals surface area contributed by atoms with E-state index in [0.29, 0.717) is 0 Å². The number of nitrogens with zero attached hydrogens (tertiary/aromatic N) is 2. The normalized spacial score (nSPS) is 14.3. The number of rotatable bonds is 3. The average Bonchev–Trinajstić information content (AvgIpc) is 3.66. The molecule has 4 aromatic carbocycles. The molecule has 0 unspecified atom stereocenters. The van der Waals surface area contributed by atoms with E-state index in [-0.39, 0.29) is 20.1 Å². The van der Waals surface area contributed by atoms with Crippen LogP contribution in [0.4, 0.5) is 0 Å². The SMILES string of the molecule is [2H]C1(c2ccc3c(-c4[c-]c(C)cc5c4oc4ccccc45)nccc3c2)CCCC1.[Ir].[c-]1ccccc1-c1ccccn1. The molecule has 1 fully saturated rings. The molecule has 0 amide bonds. The number of benzene rings is 4. The molecule has 8 rings (SSSR count). The third-order valence-corrected chi connectivity index (χ3v) is 7.81. The van der Waals surface area contributed by atoms with Gasteiger partial charge >= 0.3 is 0 Å². The monoisotopic (exact) mass is 724 g/mol. The standard InChI is InChI=1S/C27H22NO.C11H8N.Ir/c1-17-14-23-22-8-4-5-9-25(22)29-27(23)24(15-17)26-21-11-10-19(18-6-2-3-7-18)16-20(21)12-13-28-26;1-2-6-10(7-3-1)11-8-4-5-9-12-11;/h4-5,8-14,16,18H,2-3,6-7H2,1H3;1-6,8-9H;/q2*-1;/i18D;;. The molecule has 3 heterocycles. The van der Waals surface area contributed by atoms with Crippen LogP contribution in [-0.2, 0) is 20.1 Å². The van der Waals surface area contributed by atoms with Crippen molar-refractivity contribution in [1.82, 2.24) is 9.97 Å². The van der Waals surface area contributed by atoms with Crippen LogP contribution in [-0.4, -0.2) is 9.97 Å². The van der Waals surface area contributed by atoms with Crippen molar-refractivity contribution in [2.24, 2.45) is 0 Å². The van der Waals surface area contributed by atoms with Gasteiger partial charge in [0.15, 0.2) is 0 Å². The summed E-state index contributed by atoms with van der Waals surface area (Å²) in [4.78, 5) is 8.96. The summed E-state index contributed by atoms with van der Waals surface area (Å²) in [5.74, 6) is -0.445. The maximum atomic E-state index is 8.88. The van der Waals surface area contributed by atoms with Crippen LogP contribution in [0.1, 0.15) is 44.1 Å². The van der Waals surface area contributed by atoms with Gasteiger partial charge in [0.25, 0.3) is 0 Å². The third-order valence-electron chi connectivity index (χ3n) is 7.81. The summed E-state index contributed by atoms with van der Waals surface area (Å²) in [6.07, 6.45) is 7.83. The summed E-state index contributed by atoms with van der Waals surface area (Å²) in [7, 11) is 0. The van der Waals surface area contributed by atoms with Gasteiger partial charge in [0.1, 0.15) is 5.58 Å². The summed E-state index contributed by atoms with van der Waals surface area (Å²) in [5, 5.41) is 4.41. The van der Waals surface area contributed by atoms with Gasteiger partial charge in [-0.1, -0.05) is 79.2 Å². The molecule has 1 aliphatic rings. The minimum atomic E-state index is -0.445. The van der Waals surface area contributed by atoms with Crippen molar-refractivity contribution >= 4 is 32.7 Å². The van der Waals surface area contributed by atoms with Gasteiger partial charge in [0.05, 0.1) is 5.58 Å². The van der Waals surface area contributed by atoms with Gasteiger partial charge in [-0.15, -0.1) is 53.6 Å². The van der Waals surface area contributed by atoms with Gasteiger partial charge in [0.2, 0.25) is 0 Å². The van der Waals surface area contributed by atoms with Crippen molar-refractivity contribution in [2.45, 2.75) is 38.5 Å². The summed E-state index contributed by atoms with van der Waals surface area (Å²) < 4.78 is 15.1. The first-order chi connectivity index (χ1) is 20.6. The van der Waals surface area contributed by atoms with Gasteiger partial charge in [-0.3, -0.25) is 0 Å². The fraction of sp³-hybridized carbons (Fsp3) is 0.158. The van der Waals surface area contributed by atoms with E-state index in [1.54, 1.807) is 6.20 Å². The summed E-state index contributed by atoms with van der Waals surface area (Å²) >= 11 is 0. The second-order valence-corrected chi connectivity index (χ2v) is 10.6. The molecule has 0 N–H and O–H groups in total. The first kappa shape index (κ1) is 26.8. The molecule has 0 saturated heterocycles. The molecule has 1 saturated carbocycles. The van der Waals surface area contributed by atoms with Crippen molar-refractivity contribution in [3.63, 3.8) is 0 Å². The summed E-state index contributed by atoms with van der Waals surface area (Å²) in [5.41, 5.74) is 7.70. The predicted octanol–water partition coefficient (Wildman–Crippen LogP) is 10.1. The Bertz CT molecular complexity index is 1980. The molecular formula is C38H30IrN2O-2. The number of hydrogen-bond acceptors (Lipinski definition) is 3. The van der Waals surface area contributed by atoms with Gasteiger partial charge in [-0.2, -0.15) is 0 Å². The molecule has 1 radical (unpaired) electrons. The summed E-state index contributed by atoms with van der Waals surface area (Å²) in [6.45, 7) is 2.07. The molecule has 0 spiro atoms. The van der Waals surface area contributed by atoms with Crippen LogP contribution in [0.15, 0.2) is 114 Å². The van der Waals surface area contributed by atoms with Crippen molar-refractivity contribution in [2.75, 3.05) is 0 Å². The van der Waals surface area contributed by atoms with Crippen molar-refractivity contribution < 1.29 is 25.9 Å². The fourth-order valence-electron chi connectivity index (χ4n) is 5.83. The van der Waals surface area contributed by atoms with Crippen molar-refractivity contribution in [1.29, 1.82) is 0 Å². The Labute approximate surface area is 261 Å². The number of hydrogen-bond donors (Lipinski definition) is 0. The molecule has 42 heavy (non-hydrogen) atoms. The van der Waals surface area contributed by atoms with Crippen LogP contribution in [0.3, 0.4) is 0 Å². The van der Waals surface area contributed by atoms with Crippen molar-refractivity contribution in [3.05, 3.63) is 133 Å². The molecule has 0 atom stereocenters. The molecular weight excluding hydrogens is 693 g/mol. The Morgan fingerprint density at radius 2 is 1.64 bits per heavy atom. The molecule has 7 aromatic rings. The van der Waals surface area contributed by atoms with E-state index in [0.717, 1.165) is 92.0 Å². The topological polar surface area (TPSA) is 38.9 Å². The van der Waals surface area contributed by atoms with E-state index in [1.807, 2.05) is 72.9 Å². The van der Waals surface area contributed by atoms with Crippen LogP contribution in [0.5, 0.6) is 0 Å². The minimum Gasteiger partial charge on any atom is -0.501 e. The Morgan fingerprint density at radius 3 is 2.45 bits per heavy atom. The predicted molar refractivity (Wildman–Crippen MR) is 168 cm³/mol. The van der Waals surface area contributed by atoms with E-state index >= 15 is 0 Å². The molecule has 209 valence electrons. The van der Waals surface area contributed by atoms with E-state index < -0.39 is 5.89 Å². The maximum absolute atomic E-state index is 8.88. The number of pyridine rings is 2. The molecule has 4 heteroatoms. The second kappa shape index (κ2) is 12.4. The van der Waals surface area contributed by atoms with Crippen LogP contribution in [0, 0.1) is 19.1 Å². The maximum Gasteiger partial charge on any atom is 0.120 e. The van der Waals surface area contributed by atoms with Crippen molar-refractivity contribution in [3.8, 4) is 22.5 Å². The van der Waals surface area contributed by atoms with Crippen LogP contribution >= 0.6 is 0 Å². The largest absolute Gasteiger partial charge is 0.501 e. The van der Waals surface area contributed by atoms with Gasteiger partial charge < -0.3 is 14.4 Å². The summed E-state index contributed by atoms with van der Waals surface area (Å²) in [6, 6.07) is 39.1. The Morgan fingerprint density at radius 1 is 0.810 bits per heavy atom. The van der Waals surface area contributed by atoms with Crippen LogP contribution in [0.25, 0.3) is 55.2 Å². The second-order valence-electron chi connectivity index (χ2n) is 10.6. The van der Waals surface area contributed by atoms with E-state index in [1.165, 1.54) is 0 Å².